The topological polar surface area (TPSA) is 84.3 Å². The van der Waals surface area contributed by atoms with Gasteiger partial charge in [0.05, 0.1) is 27.5 Å². The summed E-state index contributed by atoms with van der Waals surface area (Å²) in [5.74, 6) is -0.691. The Balaban J connectivity index is 1.97. The summed E-state index contributed by atoms with van der Waals surface area (Å²) in [6.45, 7) is 6.96. The molecule has 3 rings (SSSR count). The number of alkyl halides is 3. The van der Waals surface area contributed by atoms with Crippen LogP contribution in [0.1, 0.15) is 41.2 Å². The number of sulfonamides is 1. The van der Waals surface area contributed by atoms with E-state index in [1.54, 1.807) is 33.8 Å². The van der Waals surface area contributed by atoms with E-state index < -0.39 is 27.7 Å². The van der Waals surface area contributed by atoms with Gasteiger partial charge < -0.3 is 5.32 Å². The van der Waals surface area contributed by atoms with E-state index in [9.17, 15) is 26.4 Å². The molecule has 0 atom stereocenters. The molecule has 0 saturated carbocycles. The number of halogens is 3. The zero-order chi connectivity index (χ0) is 25.4. The molecular formula is C23H25F3N4O3S. The average Bonchev–Trinajstić information content (AvgIpc) is 3.10. The Hall–Kier alpha value is -3.18. The van der Waals surface area contributed by atoms with Crippen molar-refractivity contribution in [1.29, 1.82) is 0 Å². The smallest absolute Gasteiger partial charge is 0.320 e. The van der Waals surface area contributed by atoms with Crippen LogP contribution in [0.4, 0.5) is 18.9 Å². The first-order chi connectivity index (χ1) is 15.7. The van der Waals surface area contributed by atoms with Crippen LogP contribution in [0.3, 0.4) is 0 Å². The van der Waals surface area contributed by atoms with Crippen molar-refractivity contribution >= 4 is 21.6 Å². The number of hydrogen-bond donors (Lipinski definition) is 1. The third-order valence-corrected chi connectivity index (χ3v) is 7.38. The van der Waals surface area contributed by atoms with Gasteiger partial charge in [0.1, 0.15) is 0 Å². The summed E-state index contributed by atoms with van der Waals surface area (Å²) in [6.07, 6.45) is -4.61. The maximum atomic E-state index is 13.3. The van der Waals surface area contributed by atoms with Crippen LogP contribution in [-0.4, -0.2) is 41.5 Å². The number of rotatable bonds is 6. The third kappa shape index (κ3) is 5.15. The maximum Gasteiger partial charge on any atom is 0.416 e. The van der Waals surface area contributed by atoms with Crippen molar-refractivity contribution < 1.29 is 26.4 Å². The number of hydrogen-bond acceptors (Lipinski definition) is 4. The minimum atomic E-state index is -4.61. The number of carbonyl (C=O) groups excluding carboxylic acids is 1. The largest absolute Gasteiger partial charge is 0.416 e. The zero-order valence-corrected chi connectivity index (χ0v) is 20.1. The molecule has 0 spiro atoms. The molecule has 34 heavy (non-hydrogen) atoms. The lowest BCUT2D eigenvalue weighted by molar-refractivity contribution is -0.137. The minimum absolute atomic E-state index is 0.00245. The highest BCUT2D eigenvalue weighted by molar-refractivity contribution is 7.89. The molecule has 1 amide bonds. The SMILES string of the molecule is Cc1cc(C)n(-c2ccc(C(F)(F)F)cc2NC(=O)c2ccc(S(=O)(=O)N(C)C(C)C)cc2)n1. The number of nitrogens with zero attached hydrogens (tertiary/aromatic N) is 3. The molecule has 0 bridgehead atoms. The average molecular weight is 495 g/mol. The number of aromatic nitrogens is 2. The summed E-state index contributed by atoms with van der Waals surface area (Å²) >= 11 is 0. The fourth-order valence-electron chi connectivity index (χ4n) is 3.29. The monoisotopic (exact) mass is 494 g/mol. The fourth-order valence-corrected chi connectivity index (χ4v) is 4.65. The van der Waals surface area contributed by atoms with Crippen LogP contribution in [0.15, 0.2) is 53.4 Å². The van der Waals surface area contributed by atoms with Crippen molar-refractivity contribution in [3.8, 4) is 5.69 Å². The van der Waals surface area contributed by atoms with E-state index in [0.717, 1.165) is 12.1 Å². The Bertz CT molecular complexity index is 1310. The van der Waals surface area contributed by atoms with E-state index in [1.165, 1.54) is 46.4 Å². The second kappa shape index (κ2) is 9.22. The predicted molar refractivity (Wildman–Crippen MR) is 123 cm³/mol. The van der Waals surface area contributed by atoms with Gasteiger partial charge in [-0.2, -0.15) is 22.6 Å². The van der Waals surface area contributed by atoms with E-state index in [-0.39, 0.29) is 27.9 Å². The molecule has 11 heteroatoms. The zero-order valence-electron chi connectivity index (χ0n) is 19.3. The van der Waals surface area contributed by atoms with Crippen molar-refractivity contribution in [3.05, 3.63) is 71.0 Å². The molecule has 2 aromatic carbocycles. The number of carbonyl (C=O) groups is 1. The Kier molecular flexibility index (Phi) is 6.90. The molecule has 0 aliphatic rings. The highest BCUT2D eigenvalue weighted by atomic mass is 32.2. The molecule has 182 valence electrons. The Morgan fingerprint density at radius 1 is 1.06 bits per heavy atom. The van der Waals surface area contributed by atoms with Gasteiger partial charge >= 0.3 is 6.18 Å². The molecular weight excluding hydrogens is 469 g/mol. The van der Waals surface area contributed by atoms with Crippen LogP contribution in [0, 0.1) is 13.8 Å². The molecule has 0 unspecified atom stereocenters. The lowest BCUT2D eigenvalue weighted by atomic mass is 10.1. The number of nitrogens with one attached hydrogen (secondary N) is 1. The minimum Gasteiger partial charge on any atom is -0.320 e. The summed E-state index contributed by atoms with van der Waals surface area (Å²) < 4.78 is 67.9. The van der Waals surface area contributed by atoms with E-state index in [1.807, 2.05) is 0 Å². The van der Waals surface area contributed by atoms with Gasteiger partial charge in [-0.3, -0.25) is 4.79 Å². The Labute approximate surface area is 196 Å². The third-order valence-electron chi connectivity index (χ3n) is 5.33. The Morgan fingerprint density at radius 3 is 2.18 bits per heavy atom. The van der Waals surface area contributed by atoms with Gasteiger partial charge in [-0.25, -0.2) is 13.1 Å². The lowest BCUT2D eigenvalue weighted by Gasteiger charge is -2.21. The number of aryl methyl sites for hydroxylation is 2. The van der Waals surface area contributed by atoms with Crippen molar-refractivity contribution in [1.82, 2.24) is 14.1 Å². The lowest BCUT2D eigenvalue weighted by Crippen LogP contribution is -2.33. The predicted octanol–water partition coefficient (Wildman–Crippen LogP) is 4.79. The van der Waals surface area contributed by atoms with Crippen LogP contribution in [0.25, 0.3) is 5.69 Å². The van der Waals surface area contributed by atoms with Crippen molar-refractivity contribution in [2.24, 2.45) is 0 Å². The van der Waals surface area contributed by atoms with Crippen LogP contribution in [0.5, 0.6) is 0 Å². The molecule has 1 aromatic heterocycles. The van der Waals surface area contributed by atoms with E-state index in [4.69, 9.17) is 0 Å². The molecule has 1 heterocycles. The van der Waals surface area contributed by atoms with E-state index in [0.29, 0.717) is 11.4 Å². The molecule has 7 nitrogen and oxygen atoms in total. The summed E-state index contributed by atoms with van der Waals surface area (Å²) in [4.78, 5) is 12.9. The normalized spacial score (nSPS) is 12.4. The highest BCUT2D eigenvalue weighted by Gasteiger charge is 2.31. The van der Waals surface area contributed by atoms with Gasteiger partial charge in [0.15, 0.2) is 0 Å². The van der Waals surface area contributed by atoms with Crippen LogP contribution in [0.2, 0.25) is 0 Å². The second-order valence-corrected chi connectivity index (χ2v) is 10.2. The van der Waals surface area contributed by atoms with Crippen molar-refractivity contribution in [3.63, 3.8) is 0 Å². The van der Waals surface area contributed by atoms with Gasteiger partial charge in [0.2, 0.25) is 10.0 Å². The first-order valence-electron chi connectivity index (χ1n) is 10.4. The van der Waals surface area contributed by atoms with Crippen molar-refractivity contribution in [2.75, 3.05) is 12.4 Å². The van der Waals surface area contributed by atoms with Gasteiger partial charge in [-0.15, -0.1) is 0 Å². The summed E-state index contributed by atoms with van der Waals surface area (Å²) in [6, 6.07) is 9.72. The van der Waals surface area contributed by atoms with E-state index in [2.05, 4.69) is 10.4 Å². The van der Waals surface area contributed by atoms with Crippen LogP contribution < -0.4 is 5.32 Å². The van der Waals surface area contributed by atoms with Gasteiger partial charge in [0, 0.05) is 24.3 Å². The molecule has 0 radical (unpaired) electrons. The number of benzene rings is 2. The standard InChI is InChI=1S/C23H25F3N4O3S/c1-14(2)29(5)34(32,33)19-9-6-17(7-10-19)22(31)27-20-13-18(23(24,25)26)8-11-21(20)30-16(4)12-15(3)28-30/h6-14H,1-5H3,(H,27,31). The Morgan fingerprint density at radius 2 is 1.68 bits per heavy atom. The quantitative estimate of drug-likeness (QED) is 0.534. The molecule has 1 N–H and O–H groups in total. The first-order valence-corrected chi connectivity index (χ1v) is 11.8. The van der Waals surface area contributed by atoms with Gasteiger partial charge in [-0.05, 0) is 76.2 Å². The fraction of sp³-hybridized carbons (Fsp3) is 0.304. The van der Waals surface area contributed by atoms with E-state index >= 15 is 0 Å². The number of anilines is 1. The number of amides is 1. The first kappa shape index (κ1) is 25.4. The molecule has 0 saturated heterocycles. The molecule has 0 fully saturated rings. The molecule has 0 aliphatic heterocycles. The van der Waals surface area contributed by atoms with Crippen LogP contribution >= 0.6 is 0 Å². The molecule has 3 aromatic rings. The van der Waals surface area contributed by atoms with Gasteiger partial charge in [0.25, 0.3) is 5.91 Å². The summed E-state index contributed by atoms with van der Waals surface area (Å²) in [5, 5.41) is 6.81. The summed E-state index contributed by atoms with van der Waals surface area (Å²) in [7, 11) is -2.29. The van der Waals surface area contributed by atoms with Crippen LogP contribution in [-0.2, 0) is 16.2 Å². The summed E-state index contributed by atoms with van der Waals surface area (Å²) in [5.41, 5.74) is 0.690. The molecule has 0 aliphatic carbocycles. The maximum absolute atomic E-state index is 13.3. The highest BCUT2D eigenvalue weighted by Crippen LogP contribution is 2.34. The van der Waals surface area contributed by atoms with Crippen molar-refractivity contribution in [2.45, 2.75) is 44.8 Å². The van der Waals surface area contributed by atoms with Gasteiger partial charge in [-0.1, -0.05) is 0 Å². The second-order valence-electron chi connectivity index (χ2n) is 8.16.